The predicted molar refractivity (Wildman–Crippen MR) is 64.1 cm³/mol. The molecule has 0 fully saturated rings. The highest BCUT2D eigenvalue weighted by atomic mass is 16.2. The minimum atomic E-state index is 0.0747. The van der Waals surface area contributed by atoms with E-state index in [1.165, 1.54) is 0 Å². The van der Waals surface area contributed by atoms with Crippen LogP contribution in [0.2, 0.25) is 0 Å². The smallest absolute Gasteiger partial charge is 0.222 e. The molecule has 0 aliphatic rings. The van der Waals surface area contributed by atoms with Gasteiger partial charge in [0.05, 0.1) is 0 Å². The van der Waals surface area contributed by atoms with E-state index in [-0.39, 0.29) is 11.8 Å². The molecule has 0 atom stereocenters. The fourth-order valence-corrected chi connectivity index (χ4v) is 1.21. The van der Waals surface area contributed by atoms with Crippen LogP contribution >= 0.6 is 0 Å². The SMILES string of the molecule is CNCCN(C)C(=O)CCCC(=O)N(C)C. The van der Waals surface area contributed by atoms with Crippen LogP contribution in [-0.4, -0.2) is 62.9 Å². The molecule has 0 radical (unpaired) electrons. The molecule has 0 aliphatic carbocycles. The molecular weight excluding hydrogens is 206 g/mol. The third-order valence-electron chi connectivity index (χ3n) is 2.40. The van der Waals surface area contributed by atoms with Gasteiger partial charge in [0.1, 0.15) is 0 Å². The molecule has 5 heteroatoms. The molecule has 0 aliphatic heterocycles. The van der Waals surface area contributed by atoms with Gasteiger partial charge in [0, 0.05) is 47.1 Å². The van der Waals surface area contributed by atoms with Crippen molar-refractivity contribution in [1.82, 2.24) is 15.1 Å². The first kappa shape index (κ1) is 14.9. The lowest BCUT2D eigenvalue weighted by Gasteiger charge is -2.17. The number of nitrogens with one attached hydrogen (secondary N) is 1. The third-order valence-corrected chi connectivity index (χ3v) is 2.40. The van der Waals surface area contributed by atoms with Crippen molar-refractivity contribution >= 4 is 11.8 Å². The van der Waals surface area contributed by atoms with Crippen LogP contribution in [0, 0.1) is 0 Å². The van der Waals surface area contributed by atoms with Gasteiger partial charge in [-0.25, -0.2) is 0 Å². The van der Waals surface area contributed by atoms with Gasteiger partial charge >= 0.3 is 0 Å². The van der Waals surface area contributed by atoms with E-state index >= 15 is 0 Å². The number of rotatable bonds is 7. The maximum Gasteiger partial charge on any atom is 0.222 e. The highest BCUT2D eigenvalue weighted by Crippen LogP contribution is 2.01. The fourth-order valence-electron chi connectivity index (χ4n) is 1.21. The van der Waals surface area contributed by atoms with Gasteiger partial charge in [-0.1, -0.05) is 0 Å². The van der Waals surface area contributed by atoms with E-state index in [9.17, 15) is 9.59 Å². The minimum Gasteiger partial charge on any atom is -0.349 e. The lowest BCUT2D eigenvalue weighted by Crippen LogP contribution is -2.32. The Labute approximate surface area is 97.8 Å². The van der Waals surface area contributed by atoms with E-state index in [4.69, 9.17) is 0 Å². The fraction of sp³-hybridized carbons (Fsp3) is 0.818. The summed E-state index contributed by atoms with van der Waals surface area (Å²) in [4.78, 5) is 26.1. The van der Waals surface area contributed by atoms with Gasteiger partial charge in [-0.05, 0) is 13.5 Å². The Balaban J connectivity index is 3.68. The van der Waals surface area contributed by atoms with E-state index in [0.717, 1.165) is 6.54 Å². The molecule has 94 valence electrons. The molecule has 0 aromatic heterocycles. The molecule has 0 aromatic rings. The summed E-state index contributed by atoms with van der Waals surface area (Å²) in [5.74, 6) is 0.174. The van der Waals surface area contributed by atoms with E-state index in [2.05, 4.69) is 5.32 Å². The summed E-state index contributed by atoms with van der Waals surface area (Å²) in [6.07, 6.45) is 1.51. The number of hydrogen-bond acceptors (Lipinski definition) is 3. The van der Waals surface area contributed by atoms with Crippen LogP contribution < -0.4 is 5.32 Å². The van der Waals surface area contributed by atoms with Crippen molar-refractivity contribution in [2.24, 2.45) is 0 Å². The lowest BCUT2D eigenvalue weighted by atomic mass is 10.2. The Kier molecular flexibility index (Phi) is 7.54. The van der Waals surface area contributed by atoms with Gasteiger partial charge in [0.15, 0.2) is 0 Å². The third kappa shape index (κ3) is 6.40. The van der Waals surface area contributed by atoms with Crippen LogP contribution in [0.1, 0.15) is 19.3 Å². The van der Waals surface area contributed by atoms with Gasteiger partial charge in [-0.3, -0.25) is 9.59 Å². The zero-order valence-electron chi connectivity index (χ0n) is 10.7. The Morgan fingerprint density at radius 2 is 1.62 bits per heavy atom. The summed E-state index contributed by atoms with van der Waals surface area (Å²) in [6.45, 7) is 1.50. The standard InChI is InChI=1S/C11H23N3O2/c1-12-8-9-14(4)11(16)7-5-6-10(15)13(2)3/h12H,5-9H2,1-4H3. The molecule has 0 bridgehead atoms. The Morgan fingerprint density at radius 3 is 2.12 bits per heavy atom. The van der Waals surface area contributed by atoms with Gasteiger partial charge in [-0.15, -0.1) is 0 Å². The number of nitrogens with zero attached hydrogens (tertiary/aromatic N) is 2. The Bertz CT molecular complexity index is 229. The molecule has 0 unspecified atom stereocenters. The quantitative estimate of drug-likeness (QED) is 0.664. The van der Waals surface area contributed by atoms with E-state index in [0.29, 0.717) is 25.8 Å². The molecule has 2 amide bonds. The zero-order chi connectivity index (χ0) is 12.6. The first-order valence-electron chi connectivity index (χ1n) is 5.57. The van der Waals surface area contributed by atoms with Crippen molar-refractivity contribution in [1.29, 1.82) is 0 Å². The number of carbonyl (C=O) groups excluding carboxylic acids is 2. The van der Waals surface area contributed by atoms with E-state index < -0.39 is 0 Å². The highest BCUT2D eigenvalue weighted by molar-refractivity contribution is 5.78. The van der Waals surface area contributed by atoms with Gasteiger partial charge in [0.2, 0.25) is 11.8 Å². The topological polar surface area (TPSA) is 52.7 Å². The second-order valence-electron chi connectivity index (χ2n) is 4.06. The molecule has 0 saturated carbocycles. The lowest BCUT2D eigenvalue weighted by molar-refractivity contribution is -0.131. The van der Waals surface area contributed by atoms with E-state index in [1.54, 1.807) is 30.9 Å². The number of likely N-dealkylation sites (N-methyl/N-ethyl adjacent to an activating group) is 2. The van der Waals surface area contributed by atoms with Crippen LogP contribution in [0.15, 0.2) is 0 Å². The number of amides is 2. The summed E-state index contributed by atoms with van der Waals surface area (Å²) < 4.78 is 0. The summed E-state index contributed by atoms with van der Waals surface area (Å²) in [6, 6.07) is 0. The van der Waals surface area contributed by atoms with Crippen molar-refractivity contribution in [2.45, 2.75) is 19.3 Å². The van der Waals surface area contributed by atoms with Gasteiger partial charge in [0.25, 0.3) is 0 Å². The van der Waals surface area contributed by atoms with Crippen LogP contribution in [0.4, 0.5) is 0 Å². The van der Waals surface area contributed by atoms with Crippen LogP contribution in [0.25, 0.3) is 0 Å². The number of carbonyl (C=O) groups is 2. The summed E-state index contributed by atoms with van der Waals surface area (Å²) in [5, 5.41) is 2.99. The predicted octanol–water partition coefficient (Wildman–Crippen LogP) is -0.0773. The molecular formula is C11H23N3O2. The molecule has 5 nitrogen and oxygen atoms in total. The van der Waals surface area contributed by atoms with E-state index in [1.807, 2.05) is 7.05 Å². The second-order valence-corrected chi connectivity index (χ2v) is 4.06. The van der Waals surface area contributed by atoms with Crippen molar-refractivity contribution < 1.29 is 9.59 Å². The summed E-state index contributed by atoms with van der Waals surface area (Å²) in [5.41, 5.74) is 0. The summed E-state index contributed by atoms with van der Waals surface area (Å²) >= 11 is 0. The summed E-state index contributed by atoms with van der Waals surface area (Å²) in [7, 11) is 7.09. The van der Waals surface area contributed by atoms with Crippen molar-refractivity contribution in [2.75, 3.05) is 41.3 Å². The van der Waals surface area contributed by atoms with Crippen LogP contribution in [0.5, 0.6) is 0 Å². The monoisotopic (exact) mass is 229 g/mol. The molecule has 16 heavy (non-hydrogen) atoms. The van der Waals surface area contributed by atoms with Crippen molar-refractivity contribution in [3.63, 3.8) is 0 Å². The first-order valence-corrected chi connectivity index (χ1v) is 5.57. The average Bonchev–Trinajstić information content (AvgIpc) is 2.25. The molecule has 0 rings (SSSR count). The molecule has 1 N–H and O–H groups in total. The van der Waals surface area contributed by atoms with Crippen molar-refractivity contribution in [3.05, 3.63) is 0 Å². The average molecular weight is 229 g/mol. The first-order chi connectivity index (χ1) is 7.49. The largest absolute Gasteiger partial charge is 0.349 e. The zero-order valence-corrected chi connectivity index (χ0v) is 10.7. The van der Waals surface area contributed by atoms with Gasteiger partial charge in [-0.2, -0.15) is 0 Å². The van der Waals surface area contributed by atoms with Gasteiger partial charge < -0.3 is 15.1 Å². The highest BCUT2D eigenvalue weighted by Gasteiger charge is 2.09. The normalized spacial score (nSPS) is 10.0. The molecule has 0 heterocycles. The molecule has 0 spiro atoms. The minimum absolute atomic E-state index is 0.0747. The van der Waals surface area contributed by atoms with Crippen LogP contribution in [0.3, 0.4) is 0 Å². The molecule has 0 saturated heterocycles. The van der Waals surface area contributed by atoms with Crippen LogP contribution in [-0.2, 0) is 9.59 Å². The maximum atomic E-state index is 11.6. The maximum absolute atomic E-state index is 11.6. The second kappa shape index (κ2) is 8.10. The number of hydrogen-bond donors (Lipinski definition) is 1. The van der Waals surface area contributed by atoms with Crippen molar-refractivity contribution in [3.8, 4) is 0 Å². The Morgan fingerprint density at radius 1 is 1.06 bits per heavy atom. The molecule has 0 aromatic carbocycles. The Hall–Kier alpha value is -1.10.